The van der Waals surface area contributed by atoms with Gasteiger partial charge in [-0.15, -0.1) is 0 Å². The fourth-order valence-electron chi connectivity index (χ4n) is 2.31. The zero-order valence-electron chi connectivity index (χ0n) is 10.1. The van der Waals surface area contributed by atoms with Crippen molar-refractivity contribution < 1.29 is 19.7 Å². The summed E-state index contributed by atoms with van der Waals surface area (Å²) in [4.78, 5) is 12.5. The Kier molecular flexibility index (Phi) is 3.84. The number of rotatable bonds is 3. The lowest BCUT2D eigenvalue weighted by Crippen LogP contribution is -2.50. The number of nitrogens with zero attached hydrogens (tertiary/aromatic N) is 1. The summed E-state index contributed by atoms with van der Waals surface area (Å²) in [6.45, 7) is 1.74. The van der Waals surface area contributed by atoms with Gasteiger partial charge in [-0.1, -0.05) is 30.3 Å². The largest absolute Gasteiger partial charge is 0.508 e. The number of carbonyl (C=O) groups is 1. The van der Waals surface area contributed by atoms with Crippen LogP contribution in [0.25, 0.3) is 0 Å². The molecule has 0 radical (unpaired) electrons. The predicted molar refractivity (Wildman–Crippen MR) is 65.0 cm³/mol. The molecule has 1 unspecified atom stereocenters. The van der Waals surface area contributed by atoms with Crippen LogP contribution in [0.2, 0.25) is 0 Å². The monoisotopic (exact) mass is 251 g/mol. The maximum atomic E-state index is 10.5. The lowest BCUT2D eigenvalue weighted by atomic mass is 10.0. The van der Waals surface area contributed by atoms with Crippen LogP contribution in [0, 0.1) is 0 Å². The molecule has 1 heterocycles. The van der Waals surface area contributed by atoms with Gasteiger partial charge in [-0.25, -0.2) is 4.79 Å². The van der Waals surface area contributed by atoms with Crippen molar-refractivity contribution in [1.29, 1.82) is 0 Å². The summed E-state index contributed by atoms with van der Waals surface area (Å²) in [5.41, 5.74) is 1.14. The smallest absolute Gasteiger partial charge is 0.450 e. The highest BCUT2D eigenvalue weighted by Gasteiger charge is 2.37. The van der Waals surface area contributed by atoms with Gasteiger partial charge in [0, 0.05) is 13.0 Å². The third-order valence-electron chi connectivity index (χ3n) is 3.04. The second kappa shape index (κ2) is 5.37. The van der Waals surface area contributed by atoms with E-state index in [1.165, 1.54) is 0 Å². The molecule has 1 aliphatic rings. The maximum absolute atomic E-state index is 10.5. The van der Waals surface area contributed by atoms with Gasteiger partial charge in [0.15, 0.2) is 0 Å². The Bertz CT molecular complexity index is 409. The van der Waals surface area contributed by atoms with Crippen LogP contribution in [0.5, 0.6) is 0 Å². The lowest BCUT2D eigenvalue weighted by Gasteiger charge is -2.37. The van der Waals surface area contributed by atoms with Crippen LogP contribution in [0.1, 0.15) is 18.4 Å². The topological polar surface area (TPSA) is 70.0 Å². The van der Waals surface area contributed by atoms with Crippen LogP contribution in [-0.4, -0.2) is 40.1 Å². The average Bonchev–Trinajstić information content (AvgIpc) is 2.28. The van der Waals surface area contributed by atoms with Gasteiger partial charge in [0.25, 0.3) is 0 Å². The summed E-state index contributed by atoms with van der Waals surface area (Å²) < 4.78 is 4.58. The first-order valence-corrected chi connectivity index (χ1v) is 5.98. The molecule has 98 valence electrons. The molecular weight excluding hydrogens is 234 g/mol. The van der Waals surface area contributed by atoms with Crippen molar-refractivity contribution in [3.05, 3.63) is 35.9 Å². The highest BCUT2D eigenvalue weighted by atomic mass is 16.7. The van der Waals surface area contributed by atoms with E-state index in [0.29, 0.717) is 13.0 Å². The molecule has 0 bridgehead atoms. The minimum atomic E-state index is -1.57. The van der Waals surface area contributed by atoms with Gasteiger partial charge in [-0.05, 0) is 18.5 Å². The van der Waals surface area contributed by atoms with E-state index >= 15 is 0 Å². The van der Waals surface area contributed by atoms with E-state index in [1.54, 1.807) is 0 Å². The number of piperidine rings is 1. The second-order valence-corrected chi connectivity index (χ2v) is 4.61. The molecule has 0 spiro atoms. The van der Waals surface area contributed by atoms with Crippen molar-refractivity contribution in [1.82, 2.24) is 4.90 Å². The number of hydrogen-bond acceptors (Lipinski definition) is 4. The van der Waals surface area contributed by atoms with Crippen LogP contribution in [0.4, 0.5) is 4.79 Å². The third kappa shape index (κ3) is 3.45. The molecule has 1 fully saturated rings. The SMILES string of the molecule is O=C(O)OC1(O)CCCN(Cc2ccccc2)C1. The van der Waals surface area contributed by atoms with Crippen LogP contribution in [-0.2, 0) is 11.3 Å². The zero-order valence-corrected chi connectivity index (χ0v) is 10.1. The summed E-state index contributed by atoms with van der Waals surface area (Å²) in [7, 11) is 0. The number of benzene rings is 1. The number of likely N-dealkylation sites (tertiary alicyclic amines) is 1. The van der Waals surface area contributed by atoms with Gasteiger partial charge in [-0.2, -0.15) is 0 Å². The maximum Gasteiger partial charge on any atom is 0.508 e. The number of carboxylic acid groups (broad SMARTS) is 1. The molecule has 1 aromatic rings. The fourth-order valence-corrected chi connectivity index (χ4v) is 2.31. The van der Waals surface area contributed by atoms with E-state index in [9.17, 15) is 9.90 Å². The molecule has 0 aliphatic carbocycles. The van der Waals surface area contributed by atoms with E-state index in [4.69, 9.17) is 5.11 Å². The molecule has 1 atom stereocenters. The number of β-amino-alcohol motifs (C(OH)–C–C–N with tert-alkyl or cyclic N) is 1. The summed E-state index contributed by atoms with van der Waals surface area (Å²) in [6.07, 6.45) is -0.361. The third-order valence-corrected chi connectivity index (χ3v) is 3.04. The predicted octanol–water partition coefficient (Wildman–Crippen LogP) is 1.67. The molecule has 0 saturated carbocycles. The molecule has 2 rings (SSSR count). The standard InChI is InChI=1S/C13H17NO4/c15-12(16)18-13(17)7-4-8-14(10-13)9-11-5-2-1-3-6-11/h1-3,5-6,17H,4,7-10H2,(H,15,16). The van der Waals surface area contributed by atoms with Gasteiger partial charge in [-0.3, -0.25) is 4.90 Å². The van der Waals surface area contributed by atoms with Crippen LogP contribution in [0.3, 0.4) is 0 Å². The summed E-state index contributed by atoms with van der Waals surface area (Å²) in [5.74, 6) is -1.57. The highest BCUT2D eigenvalue weighted by molar-refractivity contribution is 5.57. The molecule has 5 heteroatoms. The van der Waals surface area contributed by atoms with E-state index in [-0.39, 0.29) is 6.54 Å². The molecule has 18 heavy (non-hydrogen) atoms. The molecule has 1 aromatic carbocycles. The van der Waals surface area contributed by atoms with Crippen LogP contribution >= 0.6 is 0 Å². The Hall–Kier alpha value is -1.59. The van der Waals surface area contributed by atoms with Gasteiger partial charge in [0.2, 0.25) is 5.79 Å². The van der Waals surface area contributed by atoms with E-state index in [0.717, 1.165) is 18.5 Å². The number of ether oxygens (including phenoxy) is 1. The molecule has 5 nitrogen and oxygen atoms in total. The van der Waals surface area contributed by atoms with Crippen molar-refractivity contribution in [2.45, 2.75) is 25.2 Å². The second-order valence-electron chi connectivity index (χ2n) is 4.61. The Morgan fingerprint density at radius 3 is 2.78 bits per heavy atom. The van der Waals surface area contributed by atoms with Crippen molar-refractivity contribution in [2.75, 3.05) is 13.1 Å². The van der Waals surface area contributed by atoms with E-state index in [2.05, 4.69) is 4.74 Å². The minimum Gasteiger partial charge on any atom is -0.450 e. The van der Waals surface area contributed by atoms with Crippen LogP contribution in [0.15, 0.2) is 30.3 Å². The quantitative estimate of drug-likeness (QED) is 0.631. The Morgan fingerprint density at radius 1 is 1.39 bits per heavy atom. The first-order valence-electron chi connectivity index (χ1n) is 5.98. The summed E-state index contributed by atoms with van der Waals surface area (Å²) >= 11 is 0. The van der Waals surface area contributed by atoms with Crippen LogP contribution < -0.4 is 0 Å². The average molecular weight is 251 g/mol. The summed E-state index contributed by atoms with van der Waals surface area (Å²) in [5, 5.41) is 18.7. The first kappa shape index (κ1) is 12.9. The Labute approximate surface area is 106 Å². The molecule has 1 saturated heterocycles. The first-order chi connectivity index (χ1) is 8.57. The number of hydrogen-bond donors (Lipinski definition) is 2. The number of aliphatic hydroxyl groups is 1. The van der Waals surface area contributed by atoms with Crippen molar-refractivity contribution in [2.24, 2.45) is 0 Å². The van der Waals surface area contributed by atoms with E-state index < -0.39 is 11.9 Å². The fraction of sp³-hybridized carbons (Fsp3) is 0.462. The van der Waals surface area contributed by atoms with Gasteiger partial charge >= 0.3 is 6.16 Å². The minimum absolute atomic E-state index is 0.216. The van der Waals surface area contributed by atoms with Gasteiger partial charge < -0.3 is 14.9 Å². The van der Waals surface area contributed by atoms with Crippen molar-refractivity contribution >= 4 is 6.16 Å². The molecule has 0 amide bonds. The lowest BCUT2D eigenvalue weighted by molar-refractivity contribution is -0.202. The zero-order chi connectivity index (χ0) is 13.0. The van der Waals surface area contributed by atoms with E-state index in [1.807, 2.05) is 35.2 Å². The normalized spacial score (nSPS) is 24.7. The van der Waals surface area contributed by atoms with Gasteiger partial charge in [0.05, 0.1) is 6.54 Å². The van der Waals surface area contributed by atoms with Crippen molar-refractivity contribution in [3.63, 3.8) is 0 Å². The highest BCUT2D eigenvalue weighted by Crippen LogP contribution is 2.23. The molecular formula is C13H17NO4. The summed E-state index contributed by atoms with van der Waals surface area (Å²) in [6, 6.07) is 9.87. The molecule has 0 aromatic heterocycles. The Morgan fingerprint density at radius 2 is 2.11 bits per heavy atom. The molecule has 1 aliphatic heterocycles. The van der Waals surface area contributed by atoms with Crippen molar-refractivity contribution in [3.8, 4) is 0 Å². The van der Waals surface area contributed by atoms with Gasteiger partial charge in [0.1, 0.15) is 0 Å². The molecule has 2 N–H and O–H groups in total. The Balaban J connectivity index is 1.96.